The standard InChI is InChI=1S/C14H18BrFN2O/c1-10(18-6-2-3-7-18)9-17-14(19)11-4-5-12(15)13(16)8-11/h4-5,8,10H,2-3,6-7,9H2,1H3,(H,17,19). The number of hydrogen-bond acceptors (Lipinski definition) is 2. The monoisotopic (exact) mass is 328 g/mol. The van der Waals surface area contributed by atoms with Gasteiger partial charge in [0.05, 0.1) is 4.47 Å². The van der Waals surface area contributed by atoms with E-state index in [1.807, 2.05) is 0 Å². The number of nitrogens with one attached hydrogen (secondary N) is 1. The Morgan fingerprint density at radius 1 is 1.47 bits per heavy atom. The zero-order valence-electron chi connectivity index (χ0n) is 11.0. The van der Waals surface area contributed by atoms with Crippen LogP contribution in [0.3, 0.4) is 0 Å². The van der Waals surface area contributed by atoms with E-state index in [-0.39, 0.29) is 5.91 Å². The van der Waals surface area contributed by atoms with E-state index < -0.39 is 5.82 Å². The number of nitrogens with zero attached hydrogens (tertiary/aromatic N) is 1. The second-order valence-corrected chi connectivity index (χ2v) is 5.79. The summed E-state index contributed by atoms with van der Waals surface area (Å²) in [5, 5.41) is 2.86. The Morgan fingerprint density at radius 2 is 2.16 bits per heavy atom. The van der Waals surface area contributed by atoms with Crippen molar-refractivity contribution < 1.29 is 9.18 Å². The molecule has 0 bridgehead atoms. The molecule has 0 radical (unpaired) electrons. The average molecular weight is 329 g/mol. The third-order valence-corrected chi connectivity index (χ3v) is 4.15. The quantitative estimate of drug-likeness (QED) is 0.921. The first-order chi connectivity index (χ1) is 9.08. The minimum Gasteiger partial charge on any atom is -0.350 e. The van der Waals surface area contributed by atoms with Crippen molar-refractivity contribution in [1.82, 2.24) is 10.2 Å². The van der Waals surface area contributed by atoms with Crippen molar-refractivity contribution in [3.63, 3.8) is 0 Å². The van der Waals surface area contributed by atoms with Crippen LogP contribution in [0.25, 0.3) is 0 Å². The van der Waals surface area contributed by atoms with Crippen LogP contribution in [0.2, 0.25) is 0 Å². The van der Waals surface area contributed by atoms with Crippen LogP contribution in [-0.4, -0.2) is 36.5 Å². The van der Waals surface area contributed by atoms with Gasteiger partial charge in [0.1, 0.15) is 5.82 Å². The van der Waals surface area contributed by atoms with Crippen LogP contribution < -0.4 is 5.32 Å². The molecule has 5 heteroatoms. The molecule has 1 atom stereocenters. The lowest BCUT2D eigenvalue weighted by Crippen LogP contribution is -2.40. The summed E-state index contributed by atoms with van der Waals surface area (Å²) in [6.45, 7) is 4.90. The summed E-state index contributed by atoms with van der Waals surface area (Å²) < 4.78 is 13.7. The van der Waals surface area contributed by atoms with Gasteiger partial charge in [0.2, 0.25) is 0 Å². The minimum atomic E-state index is -0.416. The lowest BCUT2D eigenvalue weighted by Gasteiger charge is -2.23. The SMILES string of the molecule is CC(CNC(=O)c1ccc(Br)c(F)c1)N1CCCC1. The third kappa shape index (κ3) is 3.76. The molecule has 19 heavy (non-hydrogen) atoms. The summed E-state index contributed by atoms with van der Waals surface area (Å²) in [4.78, 5) is 14.3. The van der Waals surface area contributed by atoms with E-state index in [1.165, 1.54) is 18.9 Å². The molecule has 3 nitrogen and oxygen atoms in total. The molecular formula is C14H18BrFN2O. The maximum Gasteiger partial charge on any atom is 0.251 e. The van der Waals surface area contributed by atoms with Crippen LogP contribution in [-0.2, 0) is 0 Å². The zero-order valence-corrected chi connectivity index (χ0v) is 12.5. The Morgan fingerprint density at radius 3 is 2.79 bits per heavy atom. The van der Waals surface area contributed by atoms with Crippen LogP contribution in [0.4, 0.5) is 4.39 Å². The van der Waals surface area contributed by atoms with E-state index in [4.69, 9.17) is 0 Å². The van der Waals surface area contributed by atoms with Gasteiger partial charge in [-0.15, -0.1) is 0 Å². The van der Waals surface area contributed by atoms with Crippen LogP contribution in [0.1, 0.15) is 30.1 Å². The van der Waals surface area contributed by atoms with Crippen LogP contribution in [0.5, 0.6) is 0 Å². The second-order valence-electron chi connectivity index (χ2n) is 4.93. The highest BCUT2D eigenvalue weighted by Crippen LogP contribution is 2.16. The molecule has 1 saturated heterocycles. The number of rotatable bonds is 4. The van der Waals surface area contributed by atoms with Crippen molar-refractivity contribution in [3.05, 3.63) is 34.1 Å². The lowest BCUT2D eigenvalue weighted by molar-refractivity contribution is 0.0940. The minimum absolute atomic E-state index is 0.225. The van der Waals surface area contributed by atoms with Gasteiger partial charge in [-0.05, 0) is 67.0 Å². The van der Waals surface area contributed by atoms with E-state index in [0.29, 0.717) is 22.6 Å². The fourth-order valence-electron chi connectivity index (χ4n) is 2.29. The van der Waals surface area contributed by atoms with Gasteiger partial charge in [0.15, 0.2) is 0 Å². The molecule has 1 heterocycles. The van der Waals surface area contributed by atoms with E-state index in [9.17, 15) is 9.18 Å². The zero-order chi connectivity index (χ0) is 13.8. The maximum atomic E-state index is 13.3. The van der Waals surface area contributed by atoms with Crippen molar-refractivity contribution in [3.8, 4) is 0 Å². The van der Waals surface area contributed by atoms with E-state index in [1.54, 1.807) is 12.1 Å². The Bertz CT molecular complexity index is 461. The number of hydrogen-bond donors (Lipinski definition) is 1. The van der Waals surface area contributed by atoms with Crippen molar-refractivity contribution in [1.29, 1.82) is 0 Å². The Kier molecular flexibility index (Phi) is 4.93. The number of benzene rings is 1. The normalized spacial score (nSPS) is 17.4. The van der Waals surface area contributed by atoms with Gasteiger partial charge in [-0.3, -0.25) is 9.69 Å². The molecule has 104 valence electrons. The summed E-state index contributed by atoms with van der Waals surface area (Å²) >= 11 is 3.07. The molecule has 1 aliphatic heterocycles. The fourth-order valence-corrected chi connectivity index (χ4v) is 2.54. The fraction of sp³-hybridized carbons (Fsp3) is 0.500. The second kappa shape index (κ2) is 6.48. The van der Waals surface area contributed by atoms with Gasteiger partial charge < -0.3 is 5.32 Å². The third-order valence-electron chi connectivity index (χ3n) is 3.50. The van der Waals surface area contributed by atoms with Gasteiger partial charge >= 0.3 is 0 Å². The molecule has 1 N–H and O–H groups in total. The molecule has 1 aromatic rings. The lowest BCUT2D eigenvalue weighted by atomic mass is 10.2. The van der Waals surface area contributed by atoms with Crippen molar-refractivity contribution >= 4 is 21.8 Å². The summed E-state index contributed by atoms with van der Waals surface area (Å²) in [6, 6.07) is 4.74. The molecule has 1 unspecified atom stereocenters. The van der Waals surface area contributed by atoms with E-state index >= 15 is 0 Å². The number of carbonyl (C=O) groups excluding carboxylic acids is 1. The number of carbonyl (C=O) groups is 1. The molecule has 0 aliphatic carbocycles. The summed E-state index contributed by atoms with van der Waals surface area (Å²) in [7, 11) is 0. The van der Waals surface area contributed by atoms with Crippen molar-refractivity contribution in [2.75, 3.05) is 19.6 Å². The molecule has 0 spiro atoms. The van der Waals surface area contributed by atoms with Crippen molar-refractivity contribution in [2.24, 2.45) is 0 Å². The first-order valence-corrected chi connectivity index (χ1v) is 7.34. The molecule has 1 aliphatic rings. The van der Waals surface area contributed by atoms with Gasteiger partial charge in [-0.25, -0.2) is 4.39 Å². The average Bonchev–Trinajstić information content (AvgIpc) is 2.92. The van der Waals surface area contributed by atoms with Crippen molar-refractivity contribution in [2.45, 2.75) is 25.8 Å². The predicted molar refractivity (Wildman–Crippen MR) is 76.7 cm³/mol. The Hall–Kier alpha value is -0.940. The molecule has 1 aromatic carbocycles. The summed E-state index contributed by atoms with van der Waals surface area (Å²) in [5.41, 5.74) is 0.356. The predicted octanol–water partition coefficient (Wildman–Crippen LogP) is 2.80. The highest BCUT2D eigenvalue weighted by molar-refractivity contribution is 9.10. The highest BCUT2D eigenvalue weighted by atomic mass is 79.9. The smallest absolute Gasteiger partial charge is 0.251 e. The van der Waals surface area contributed by atoms with Gasteiger partial charge in [-0.1, -0.05) is 0 Å². The first kappa shape index (κ1) is 14.5. The van der Waals surface area contributed by atoms with Crippen LogP contribution in [0.15, 0.2) is 22.7 Å². The first-order valence-electron chi connectivity index (χ1n) is 6.55. The summed E-state index contributed by atoms with van der Waals surface area (Å²) in [5.74, 6) is -0.641. The molecule has 1 amide bonds. The van der Waals surface area contributed by atoms with Crippen LogP contribution >= 0.6 is 15.9 Å². The summed E-state index contributed by atoms with van der Waals surface area (Å²) in [6.07, 6.45) is 2.46. The Labute approximate surface area is 121 Å². The van der Waals surface area contributed by atoms with Crippen LogP contribution in [0, 0.1) is 5.82 Å². The van der Waals surface area contributed by atoms with Gasteiger partial charge in [-0.2, -0.15) is 0 Å². The van der Waals surface area contributed by atoms with Gasteiger partial charge in [0.25, 0.3) is 5.91 Å². The molecule has 0 aromatic heterocycles. The topological polar surface area (TPSA) is 32.3 Å². The highest BCUT2D eigenvalue weighted by Gasteiger charge is 2.18. The largest absolute Gasteiger partial charge is 0.350 e. The molecule has 2 rings (SSSR count). The Balaban J connectivity index is 1.88. The maximum absolute atomic E-state index is 13.3. The molecule has 0 saturated carbocycles. The number of amides is 1. The molecule has 1 fully saturated rings. The van der Waals surface area contributed by atoms with E-state index in [2.05, 4.69) is 33.1 Å². The van der Waals surface area contributed by atoms with E-state index in [0.717, 1.165) is 13.1 Å². The molecular weight excluding hydrogens is 311 g/mol. The number of likely N-dealkylation sites (tertiary alicyclic amines) is 1. The van der Waals surface area contributed by atoms with Gasteiger partial charge in [0, 0.05) is 18.2 Å². The number of halogens is 2.